The van der Waals surface area contributed by atoms with Crippen molar-refractivity contribution in [2.24, 2.45) is 5.92 Å². The summed E-state index contributed by atoms with van der Waals surface area (Å²) in [6.07, 6.45) is 7.13. The Labute approximate surface area is 224 Å². The van der Waals surface area contributed by atoms with E-state index in [9.17, 15) is 9.90 Å². The van der Waals surface area contributed by atoms with Crippen LogP contribution >= 0.6 is 23.4 Å². The maximum atomic E-state index is 13.3. The highest BCUT2D eigenvalue weighted by atomic mass is 35.5. The third-order valence-corrected chi connectivity index (χ3v) is 8.46. The predicted octanol–water partition coefficient (Wildman–Crippen LogP) is 5.47. The molecule has 1 aromatic carbocycles. The number of methoxy groups -OCH3 is 2. The molecule has 1 unspecified atom stereocenters. The SMILES string of the molecule is COc1cc(OC)c(CCC2(C3CCCC3)CC(O)=C(Sc3nc4nc(C)ccn4n3)C(=O)O2)cc1Cl. The lowest BCUT2D eigenvalue weighted by molar-refractivity contribution is -0.166. The average Bonchev–Trinajstić information content (AvgIpc) is 3.55. The normalized spacial score (nSPS) is 20.5. The highest BCUT2D eigenvalue weighted by Gasteiger charge is 2.48. The molecule has 1 atom stereocenters. The molecule has 1 saturated carbocycles. The lowest BCUT2D eigenvalue weighted by Crippen LogP contribution is -2.45. The number of rotatable bonds is 8. The maximum Gasteiger partial charge on any atom is 0.349 e. The van der Waals surface area contributed by atoms with Crippen molar-refractivity contribution in [2.45, 2.75) is 62.6 Å². The number of aryl methyl sites for hydroxylation is 2. The lowest BCUT2D eigenvalue weighted by atomic mass is 9.77. The topological polar surface area (TPSA) is 108 Å². The molecule has 37 heavy (non-hydrogen) atoms. The number of thioether (sulfide) groups is 1. The Kier molecular flexibility index (Phi) is 7.22. The van der Waals surface area contributed by atoms with Crippen molar-refractivity contribution >= 4 is 35.1 Å². The molecular weight excluding hydrogens is 516 g/mol. The van der Waals surface area contributed by atoms with Gasteiger partial charge >= 0.3 is 5.97 Å². The van der Waals surface area contributed by atoms with Crippen LogP contribution in [-0.4, -0.2) is 50.5 Å². The van der Waals surface area contributed by atoms with Crippen LogP contribution in [0.4, 0.5) is 0 Å². The number of esters is 1. The molecule has 5 rings (SSSR count). The van der Waals surface area contributed by atoms with E-state index in [0.717, 1.165) is 48.7 Å². The van der Waals surface area contributed by atoms with Gasteiger partial charge < -0.3 is 19.3 Å². The number of nitrogens with zero attached hydrogens (tertiary/aromatic N) is 4. The van der Waals surface area contributed by atoms with E-state index >= 15 is 0 Å². The summed E-state index contributed by atoms with van der Waals surface area (Å²) in [6, 6.07) is 5.41. The van der Waals surface area contributed by atoms with E-state index in [1.165, 1.54) is 4.52 Å². The second kappa shape index (κ2) is 10.4. The highest BCUT2D eigenvalue weighted by Crippen LogP contribution is 2.48. The summed E-state index contributed by atoms with van der Waals surface area (Å²) in [4.78, 5) is 22.2. The van der Waals surface area contributed by atoms with Crippen molar-refractivity contribution in [1.82, 2.24) is 19.6 Å². The third-order valence-electron chi connectivity index (χ3n) is 7.20. The minimum absolute atomic E-state index is 0.0101. The minimum Gasteiger partial charge on any atom is -0.511 e. The molecule has 1 N–H and O–H groups in total. The van der Waals surface area contributed by atoms with Crippen molar-refractivity contribution in [3.05, 3.63) is 51.3 Å². The smallest absolute Gasteiger partial charge is 0.349 e. The number of halogens is 1. The maximum absolute atomic E-state index is 13.3. The van der Waals surface area contributed by atoms with Crippen molar-refractivity contribution in [3.63, 3.8) is 0 Å². The van der Waals surface area contributed by atoms with Gasteiger partial charge in [-0.1, -0.05) is 24.4 Å². The van der Waals surface area contributed by atoms with Gasteiger partial charge in [-0.15, -0.1) is 5.10 Å². The fourth-order valence-electron chi connectivity index (χ4n) is 5.32. The fourth-order valence-corrected chi connectivity index (χ4v) is 6.33. The number of aliphatic hydroxyl groups excluding tert-OH is 1. The van der Waals surface area contributed by atoms with Crippen LogP contribution in [0.3, 0.4) is 0 Å². The quantitative estimate of drug-likeness (QED) is 0.369. The summed E-state index contributed by atoms with van der Waals surface area (Å²) in [5.74, 6) is 1.23. The van der Waals surface area contributed by atoms with Gasteiger partial charge in [0, 0.05) is 24.4 Å². The molecule has 0 bridgehead atoms. The first-order valence-corrected chi connectivity index (χ1v) is 13.4. The zero-order valence-corrected chi connectivity index (χ0v) is 22.6. The molecule has 0 amide bonds. The fraction of sp³-hybridized carbons (Fsp3) is 0.462. The van der Waals surface area contributed by atoms with Crippen LogP contribution in [0.1, 0.15) is 49.8 Å². The van der Waals surface area contributed by atoms with Crippen molar-refractivity contribution < 1.29 is 24.1 Å². The van der Waals surface area contributed by atoms with Gasteiger partial charge in [-0.2, -0.15) is 4.98 Å². The van der Waals surface area contributed by atoms with Gasteiger partial charge in [0.25, 0.3) is 5.78 Å². The molecule has 1 aliphatic heterocycles. The number of hydrogen-bond donors (Lipinski definition) is 1. The van der Waals surface area contributed by atoms with E-state index in [1.807, 2.05) is 19.1 Å². The second-order valence-corrected chi connectivity index (χ2v) is 10.9. The van der Waals surface area contributed by atoms with Crippen LogP contribution < -0.4 is 9.47 Å². The van der Waals surface area contributed by atoms with E-state index in [1.54, 1.807) is 26.5 Å². The summed E-state index contributed by atoms with van der Waals surface area (Å²) in [5.41, 5.74) is 0.887. The number of aromatic nitrogens is 4. The summed E-state index contributed by atoms with van der Waals surface area (Å²) >= 11 is 7.39. The highest BCUT2D eigenvalue weighted by molar-refractivity contribution is 8.03. The Hall–Kier alpha value is -2.98. The Morgan fingerprint density at radius 3 is 2.68 bits per heavy atom. The van der Waals surface area contributed by atoms with E-state index in [-0.39, 0.29) is 23.0 Å². The first kappa shape index (κ1) is 25.7. The minimum atomic E-state index is -0.815. The van der Waals surface area contributed by atoms with E-state index in [0.29, 0.717) is 40.3 Å². The Balaban J connectivity index is 1.41. The van der Waals surface area contributed by atoms with Crippen molar-refractivity contribution in [1.29, 1.82) is 0 Å². The van der Waals surface area contributed by atoms with Gasteiger partial charge in [-0.05, 0) is 68.0 Å². The summed E-state index contributed by atoms with van der Waals surface area (Å²) in [6.45, 7) is 1.87. The number of carbonyl (C=O) groups is 1. The molecule has 0 radical (unpaired) electrons. The van der Waals surface area contributed by atoms with Crippen molar-refractivity contribution in [2.75, 3.05) is 14.2 Å². The second-order valence-electron chi connectivity index (χ2n) is 9.50. The number of carbonyl (C=O) groups excluding carboxylic acids is 1. The zero-order chi connectivity index (χ0) is 26.2. The molecule has 3 heterocycles. The molecular formula is C26H29ClN4O5S. The van der Waals surface area contributed by atoms with Crippen LogP contribution in [0.15, 0.2) is 40.2 Å². The number of hydrogen-bond acceptors (Lipinski definition) is 9. The monoisotopic (exact) mass is 544 g/mol. The van der Waals surface area contributed by atoms with Crippen molar-refractivity contribution in [3.8, 4) is 11.5 Å². The number of fused-ring (bicyclic) bond motifs is 1. The van der Waals surface area contributed by atoms with Gasteiger partial charge in [0.2, 0.25) is 5.16 Å². The predicted molar refractivity (Wildman–Crippen MR) is 139 cm³/mol. The van der Waals surface area contributed by atoms with Gasteiger partial charge in [-0.25, -0.2) is 14.3 Å². The standard InChI is InChI=1S/C26H29ClN4O5S/c1-15-9-11-31-24(28-15)29-25(30-31)37-22-19(32)14-26(36-23(22)33,17-6-4-5-7-17)10-8-16-12-18(27)21(35-3)13-20(16)34-2/h9,11-13,17,32H,4-8,10,14H2,1-3H3. The van der Waals surface area contributed by atoms with Gasteiger partial charge in [-0.3, -0.25) is 0 Å². The Morgan fingerprint density at radius 2 is 1.97 bits per heavy atom. The molecule has 0 saturated heterocycles. The van der Waals surface area contributed by atoms with Gasteiger partial charge in [0.15, 0.2) is 0 Å². The summed E-state index contributed by atoms with van der Waals surface area (Å²) < 4.78 is 18.6. The molecule has 196 valence electrons. The number of ether oxygens (including phenoxy) is 3. The molecule has 1 aliphatic carbocycles. The first-order chi connectivity index (χ1) is 17.8. The molecule has 3 aromatic rings. The molecule has 11 heteroatoms. The molecule has 1 fully saturated rings. The van der Waals surface area contributed by atoms with E-state index in [4.69, 9.17) is 25.8 Å². The lowest BCUT2D eigenvalue weighted by Gasteiger charge is -2.41. The summed E-state index contributed by atoms with van der Waals surface area (Å²) in [5, 5.41) is 16.3. The van der Waals surface area contributed by atoms with E-state index < -0.39 is 11.6 Å². The summed E-state index contributed by atoms with van der Waals surface area (Å²) in [7, 11) is 3.16. The largest absolute Gasteiger partial charge is 0.511 e. The average molecular weight is 545 g/mol. The number of benzene rings is 1. The molecule has 9 nitrogen and oxygen atoms in total. The van der Waals surface area contributed by atoms with Crippen LogP contribution in [0.25, 0.3) is 5.78 Å². The number of aliphatic hydroxyl groups is 1. The van der Waals surface area contributed by atoms with E-state index in [2.05, 4.69) is 15.1 Å². The van der Waals surface area contributed by atoms with Gasteiger partial charge in [0.05, 0.1) is 19.2 Å². The molecule has 0 spiro atoms. The number of cyclic esters (lactones) is 1. The van der Waals surface area contributed by atoms with Gasteiger partial charge in [0.1, 0.15) is 27.8 Å². The van der Waals surface area contributed by atoms with Crippen LogP contribution in [0, 0.1) is 12.8 Å². The third kappa shape index (κ3) is 5.09. The van der Waals surface area contributed by atoms with Crippen LogP contribution in [-0.2, 0) is 16.0 Å². The first-order valence-electron chi connectivity index (χ1n) is 12.3. The molecule has 2 aromatic heterocycles. The zero-order valence-electron chi connectivity index (χ0n) is 21.0. The van der Waals surface area contributed by atoms with Crippen LogP contribution in [0.2, 0.25) is 5.02 Å². The van der Waals surface area contributed by atoms with Crippen LogP contribution in [0.5, 0.6) is 11.5 Å². The molecule has 2 aliphatic rings. The Bertz CT molecular complexity index is 1370. The Morgan fingerprint density at radius 1 is 1.22 bits per heavy atom.